The van der Waals surface area contributed by atoms with E-state index < -0.39 is 27.3 Å². The van der Waals surface area contributed by atoms with Gasteiger partial charge in [-0.2, -0.15) is 0 Å². The first-order valence-corrected chi connectivity index (χ1v) is 12.4. The van der Waals surface area contributed by atoms with Gasteiger partial charge < -0.3 is 15.7 Å². The highest BCUT2D eigenvalue weighted by Gasteiger charge is 2.48. The average molecular weight is 431 g/mol. The van der Waals surface area contributed by atoms with Crippen molar-refractivity contribution < 1.29 is 13.5 Å². The molecule has 2 aromatic carbocycles. The minimum atomic E-state index is -3.56. The summed E-state index contributed by atoms with van der Waals surface area (Å²) in [5.41, 5.74) is 8.32. The molecular formula is C24H34N2O3S. The van der Waals surface area contributed by atoms with Crippen LogP contribution in [0.2, 0.25) is 0 Å². The zero-order valence-corrected chi connectivity index (χ0v) is 19.2. The molecule has 0 radical (unpaired) electrons. The number of unbranched alkanes of at least 4 members (excludes halogenated alkanes) is 1. The number of hydrogen-bond donors (Lipinski definition) is 2. The van der Waals surface area contributed by atoms with E-state index in [0.717, 1.165) is 24.1 Å². The van der Waals surface area contributed by atoms with Crippen LogP contribution < -0.4 is 10.6 Å². The van der Waals surface area contributed by atoms with Crippen molar-refractivity contribution in [1.82, 2.24) is 0 Å². The zero-order chi connectivity index (χ0) is 22.1. The largest absolute Gasteiger partial charge is 0.399 e. The van der Waals surface area contributed by atoms with Gasteiger partial charge in [0.15, 0.2) is 9.84 Å². The van der Waals surface area contributed by atoms with Gasteiger partial charge in [0.25, 0.3) is 0 Å². The van der Waals surface area contributed by atoms with Crippen molar-refractivity contribution in [2.75, 3.05) is 30.5 Å². The fraction of sp³-hybridized carbons (Fsp3) is 0.500. The van der Waals surface area contributed by atoms with E-state index in [9.17, 15) is 13.5 Å². The Hall–Kier alpha value is -2.05. The lowest BCUT2D eigenvalue weighted by atomic mass is 9.69. The summed E-state index contributed by atoms with van der Waals surface area (Å²) in [6.45, 7) is 4.09. The summed E-state index contributed by atoms with van der Waals surface area (Å²) < 4.78 is 27.1. The molecule has 5 nitrogen and oxygen atoms in total. The first-order chi connectivity index (χ1) is 14.1. The lowest BCUT2D eigenvalue weighted by Crippen LogP contribution is -2.42. The summed E-state index contributed by atoms with van der Waals surface area (Å²) in [5, 5.41) is 11.8. The number of fused-ring (bicyclic) bond motifs is 1. The number of aliphatic hydroxyl groups excluding tert-OH is 1. The minimum absolute atomic E-state index is 0.0303. The summed E-state index contributed by atoms with van der Waals surface area (Å²) >= 11 is 0. The molecule has 2 aromatic rings. The Kier molecular flexibility index (Phi) is 6.48. The Morgan fingerprint density at radius 3 is 2.37 bits per heavy atom. The molecule has 30 heavy (non-hydrogen) atoms. The smallest absolute Gasteiger partial charge is 0.179 e. The molecule has 0 spiro atoms. The number of rotatable bonds is 6. The average Bonchev–Trinajstić information content (AvgIpc) is 2.78. The normalized spacial score (nSPS) is 25.4. The summed E-state index contributed by atoms with van der Waals surface area (Å²) in [6, 6.07) is 12.9. The molecule has 0 fully saturated rings. The molecule has 3 rings (SSSR count). The van der Waals surface area contributed by atoms with Gasteiger partial charge in [-0.1, -0.05) is 38.8 Å². The van der Waals surface area contributed by atoms with Crippen molar-refractivity contribution in [2.45, 2.75) is 56.4 Å². The van der Waals surface area contributed by atoms with E-state index in [0.29, 0.717) is 29.0 Å². The lowest BCUT2D eigenvalue weighted by Gasteiger charge is -2.39. The molecule has 1 aliphatic heterocycles. The molecule has 1 aliphatic rings. The van der Waals surface area contributed by atoms with Crippen LogP contribution in [0.5, 0.6) is 0 Å². The standard InChI is InChI=1S/C24H34N2O3S/c1-5-7-14-24(6-2)16-30(28,29)21-13-12-19(26(3)4)15-20(21)22(23(24)27)17-8-10-18(25)11-9-17/h8-13,15,22-23,27H,5-7,14,16,25H2,1-4H3. The monoisotopic (exact) mass is 430 g/mol. The summed E-state index contributed by atoms with van der Waals surface area (Å²) in [5.74, 6) is -0.466. The Morgan fingerprint density at radius 2 is 1.80 bits per heavy atom. The van der Waals surface area contributed by atoms with Crippen molar-refractivity contribution in [3.05, 3.63) is 53.6 Å². The molecule has 3 atom stereocenters. The molecule has 0 saturated heterocycles. The fourth-order valence-electron chi connectivity index (χ4n) is 4.71. The van der Waals surface area contributed by atoms with Crippen molar-refractivity contribution in [3.63, 3.8) is 0 Å². The number of sulfone groups is 1. The molecule has 0 amide bonds. The first kappa shape index (κ1) is 22.6. The van der Waals surface area contributed by atoms with Crippen LogP contribution in [-0.4, -0.2) is 39.5 Å². The topological polar surface area (TPSA) is 83.6 Å². The lowest BCUT2D eigenvalue weighted by molar-refractivity contribution is 0.0174. The molecule has 3 unspecified atom stereocenters. The van der Waals surface area contributed by atoms with Gasteiger partial charge in [-0.15, -0.1) is 0 Å². The van der Waals surface area contributed by atoms with E-state index in [-0.39, 0.29) is 5.75 Å². The van der Waals surface area contributed by atoms with Crippen LogP contribution in [0.15, 0.2) is 47.4 Å². The summed E-state index contributed by atoms with van der Waals surface area (Å²) in [7, 11) is 0.303. The van der Waals surface area contributed by atoms with Gasteiger partial charge >= 0.3 is 0 Å². The SMILES string of the molecule is CCCCC1(CC)CS(=O)(=O)c2ccc(N(C)C)cc2C(c2ccc(N)cc2)C1O. The Balaban J connectivity index is 2.31. The van der Waals surface area contributed by atoms with Gasteiger partial charge in [-0.3, -0.25) is 0 Å². The minimum Gasteiger partial charge on any atom is -0.399 e. The highest BCUT2D eigenvalue weighted by atomic mass is 32.2. The van der Waals surface area contributed by atoms with E-state index in [4.69, 9.17) is 5.73 Å². The molecule has 6 heteroatoms. The molecule has 1 heterocycles. The van der Waals surface area contributed by atoms with Crippen LogP contribution in [0.25, 0.3) is 0 Å². The number of anilines is 2. The predicted molar refractivity (Wildman–Crippen MR) is 124 cm³/mol. The van der Waals surface area contributed by atoms with Crippen molar-refractivity contribution in [2.24, 2.45) is 5.41 Å². The van der Waals surface area contributed by atoms with Gasteiger partial charge in [0.05, 0.1) is 16.8 Å². The third-order valence-electron chi connectivity index (χ3n) is 6.63. The van der Waals surface area contributed by atoms with Gasteiger partial charge in [0.2, 0.25) is 0 Å². The van der Waals surface area contributed by atoms with E-state index in [1.54, 1.807) is 6.07 Å². The zero-order valence-electron chi connectivity index (χ0n) is 18.4. The third kappa shape index (κ3) is 4.08. The second-order valence-electron chi connectivity index (χ2n) is 8.78. The highest BCUT2D eigenvalue weighted by molar-refractivity contribution is 7.91. The van der Waals surface area contributed by atoms with Crippen LogP contribution in [0.1, 0.15) is 56.6 Å². The number of nitrogen functional groups attached to an aromatic ring is 1. The van der Waals surface area contributed by atoms with Crippen LogP contribution in [0, 0.1) is 5.41 Å². The van der Waals surface area contributed by atoms with Crippen LogP contribution in [0.4, 0.5) is 11.4 Å². The quantitative estimate of drug-likeness (QED) is 0.671. The Morgan fingerprint density at radius 1 is 1.13 bits per heavy atom. The van der Waals surface area contributed by atoms with Crippen LogP contribution in [-0.2, 0) is 9.84 Å². The fourth-order valence-corrected chi connectivity index (χ4v) is 6.96. The number of nitrogens with zero attached hydrogens (tertiary/aromatic N) is 1. The van der Waals surface area contributed by atoms with E-state index in [1.807, 2.05) is 62.3 Å². The van der Waals surface area contributed by atoms with Crippen molar-refractivity contribution >= 4 is 21.2 Å². The van der Waals surface area contributed by atoms with Gasteiger partial charge in [0.1, 0.15) is 0 Å². The number of aliphatic hydroxyl groups is 1. The number of hydrogen-bond acceptors (Lipinski definition) is 5. The van der Waals surface area contributed by atoms with Gasteiger partial charge in [0, 0.05) is 36.8 Å². The molecule has 0 bridgehead atoms. The van der Waals surface area contributed by atoms with Crippen LogP contribution >= 0.6 is 0 Å². The number of benzene rings is 2. The van der Waals surface area contributed by atoms with Crippen molar-refractivity contribution in [1.29, 1.82) is 0 Å². The Bertz CT molecular complexity index is 986. The van der Waals surface area contributed by atoms with Gasteiger partial charge in [-0.05, 0) is 54.3 Å². The molecule has 3 N–H and O–H groups in total. The maximum atomic E-state index is 13.5. The highest BCUT2D eigenvalue weighted by Crippen LogP contribution is 2.49. The van der Waals surface area contributed by atoms with Crippen LogP contribution in [0.3, 0.4) is 0 Å². The summed E-state index contributed by atoms with van der Waals surface area (Å²) in [4.78, 5) is 2.29. The Labute approximate surface area is 180 Å². The number of nitrogens with two attached hydrogens (primary N) is 1. The van der Waals surface area contributed by atoms with E-state index in [1.165, 1.54) is 0 Å². The van der Waals surface area contributed by atoms with E-state index >= 15 is 0 Å². The summed E-state index contributed by atoms with van der Waals surface area (Å²) in [6.07, 6.45) is 2.31. The second-order valence-corrected chi connectivity index (χ2v) is 10.7. The van der Waals surface area contributed by atoms with E-state index in [2.05, 4.69) is 6.92 Å². The second kappa shape index (κ2) is 8.60. The molecule has 0 aliphatic carbocycles. The maximum Gasteiger partial charge on any atom is 0.179 e. The maximum absolute atomic E-state index is 13.5. The molecule has 0 aromatic heterocycles. The van der Waals surface area contributed by atoms with Crippen molar-refractivity contribution in [3.8, 4) is 0 Å². The van der Waals surface area contributed by atoms with Gasteiger partial charge in [-0.25, -0.2) is 8.42 Å². The third-order valence-corrected chi connectivity index (χ3v) is 8.63. The molecule has 164 valence electrons. The molecule has 0 saturated carbocycles. The predicted octanol–water partition coefficient (Wildman–Crippen LogP) is 4.20. The first-order valence-electron chi connectivity index (χ1n) is 10.7. The molecular weight excluding hydrogens is 396 g/mol.